The summed E-state index contributed by atoms with van der Waals surface area (Å²) in [7, 11) is -2.42. The number of sulfone groups is 1. The van der Waals surface area contributed by atoms with Crippen molar-refractivity contribution in [2.75, 3.05) is 43.4 Å². The van der Waals surface area contributed by atoms with Crippen molar-refractivity contribution < 1.29 is 36.7 Å². The lowest BCUT2D eigenvalue weighted by atomic mass is 9.98. The molecule has 1 saturated heterocycles. The fourth-order valence-corrected chi connectivity index (χ4v) is 6.62. The van der Waals surface area contributed by atoms with E-state index in [1.807, 2.05) is 11.9 Å². The van der Waals surface area contributed by atoms with Crippen LogP contribution in [-0.4, -0.2) is 89.6 Å². The number of aromatic carboxylic acids is 1. The lowest BCUT2D eigenvalue weighted by Crippen LogP contribution is -2.44. The molecule has 5 aromatic rings. The maximum atomic E-state index is 13.8. The SMILES string of the molecule is CN1CCN(c2cc(C(N)=O)c(C(=O)Nc3n[nH]c4ccc(S(=O)(=O)c5cc(F)cc(F)c5)cc34)cc2-c2ncc(C(=O)O)[nH]2)CC1. The number of rotatable bonds is 8. The molecule has 2 aromatic heterocycles. The van der Waals surface area contributed by atoms with Crippen LogP contribution in [0.15, 0.2) is 64.5 Å². The second-order valence-electron chi connectivity index (χ2n) is 10.9. The highest BCUT2D eigenvalue weighted by molar-refractivity contribution is 7.91. The van der Waals surface area contributed by atoms with Gasteiger partial charge in [-0.15, -0.1) is 0 Å². The summed E-state index contributed by atoms with van der Waals surface area (Å²) in [4.78, 5) is 48.1. The van der Waals surface area contributed by atoms with Crippen LogP contribution in [0.2, 0.25) is 0 Å². The second kappa shape index (κ2) is 11.9. The van der Waals surface area contributed by atoms with Gasteiger partial charge < -0.3 is 30.9 Å². The Bertz CT molecular complexity index is 2170. The number of nitrogens with one attached hydrogen (secondary N) is 3. The molecule has 2 amide bonds. The number of primary amides is 1. The van der Waals surface area contributed by atoms with Crippen LogP contribution in [0.1, 0.15) is 31.2 Å². The zero-order valence-electron chi connectivity index (χ0n) is 24.5. The minimum atomic E-state index is -4.38. The molecule has 3 heterocycles. The third-order valence-electron chi connectivity index (χ3n) is 7.77. The number of amides is 2. The number of anilines is 2. The van der Waals surface area contributed by atoms with Crippen LogP contribution in [0, 0.1) is 11.6 Å². The summed E-state index contributed by atoms with van der Waals surface area (Å²) in [5, 5.41) is 18.9. The summed E-state index contributed by atoms with van der Waals surface area (Å²) in [6, 6.07) is 8.51. The lowest BCUT2D eigenvalue weighted by Gasteiger charge is -2.35. The number of likely N-dealkylation sites (N-methyl/N-ethyl adjacent to an activating group) is 1. The molecule has 0 spiro atoms. The average Bonchev–Trinajstić information content (AvgIpc) is 3.68. The number of carbonyl (C=O) groups excluding carboxylic acids is 2. The Morgan fingerprint density at radius 1 is 0.957 bits per heavy atom. The molecule has 1 fully saturated rings. The van der Waals surface area contributed by atoms with E-state index in [0.717, 1.165) is 6.20 Å². The maximum Gasteiger partial charge on any atom is 0.353 e. The highest BCUT2D eigenvalue weighted by Crippen LogP contribution is 2.34. The highest BCUT2D eigenvalue weighted by Gasteiger charge is 2.27. The number of nitrogens with two attached hydrogens (primary N) is 1. The number of hydrogen-bond donors (Lipinski definition) is 5. The monoisotopic (exact) mass is 664 g/mol. The average molecular weight is 665 g/mol. The largest absolute Gasteiger partial charge is 0.477 e. The van der Waals surface area contributed by atoms with Gasteiger partial charge in [-0.05, 0) is 49.5 Å². The van der Waals surface area contributed by atoms with E-state index in [0.29, 0.717) is 61.1 Å². The zero-order valence-corrected chi connectivity index (χ0v) is 25.4. The predicted molar refractivity (Wildman–Crippen MR) is 165 cm³/mol. The number of hydrogen-bond acceptors (Lipinski definition) is 9. The molecule has 0 saturated carbocycles. The Balaban J connectivity index is 1.41. The predicted octanol–water partition coefficient (Wildman–Crippen LogP) is 2.87. The van der Waals surface area contributed by atoms with E-state index in [4.69, 9.17) is 5.73 Å². The smallest absolute Gasteiger partial charge is 0.353 e. The Morgan fingerprint density at radius 3 is 2.30 bits per heavy atom. The van der Waals surface area contributed by atoms with E-state index in [1.165, 1.54) is 30.3 Å². The Morgan fingerprint density at radius 2 is 1.66 bits per heavy atom. The maximum absolute atomic E-state index is 13.8. The minimum absolute atomic E-state index is 0.112. The molecule has 47 heavy (non-hydrogen) atoms. The van der Waals surface area contributed by atoms with E-state index >= 15 is 0 Å². The Hall–Kier alpha value is -5.68. The molecule has 14 nitrogen and oxygen atoms in total. The van der Waals surface area contributed by atoms with E-state index < -0.39 is 44.2 Å². The minimum Gasteiger partial charge on any atom is -0.477 e. The summed E-state index contributed by atoms with van der Waals surface area (Å²) < 4.78 is 54.1. The third-order valence-corrected chi connectivity index (χ3v) is 9.51. The van der Waals surface area contributed by atoms with Gasteiger partial charge in [-0.25, -0.2) is 27.0 Å². The van der Waals surface area contributed by atoms with Crippen LogP contribution in [0.4, 0.5) is 20.3 Å². The molecule has 6 N–H and O–H groups in total. The number of nitrogens with zero attached hydrogens (tertiary/aromatic N) is 4. The van der Waals surface area contributed by atoms with Gasteiger partial charge in [0, 0.05) is 48.9 Å². The van der Waals surface area contributed by atoms with Gasteiger partial charge in [0.05, 0.1) is 32.6 Å². The highest BCUT2D eigenvalue weighted by atomic mass is 32.2. The van der Waals surface area contributed by atoms with Gasteiger partial charge in [0.15, 0.2) is 5.82 Å². The van der Waals surface area contributed by atoms with E-state index in [9.17, 15) is 36.7 Å². The van der Waals surface area contributed by atoms with Crippen LogP contribution in [0.3, 0.4) is 0 Å². The van der Waals surface area contributed by atoms with Crippen molar-refractivity contribution in [2.45, 2.75) is 9.79 Å². The van der Waals surface area contributed by atoms with Gasteiger partial charge in [-0.3, -0.25) is 14.7 Å². The van der Waals surface area contributed by atoms with E-state index in [-0.39, 0.29) is 38.7 Å². The van der Waals surface area contributed by atoms with Gasteiger partial charge in [-0.2, -0.15) is 5.10 Å². The number of halogens is 2. The number of carbonyl (C=O) groups is 3. The summed E-state index contributed by atoms with van der Waals surface area (Å²) >= 11 is 0. The van der Waals surface area contributed by atoms with Gasteiger partial charge in [0.2, 0.25) is 15.7 Å². The molecule has 0 bridgehead atoms. The Labute approximate surface area is 265 Å². The van der Waals surface area contributed by atoms with Crippen LogP contribution in [-0.2, 0) is 9.84 Å². The van der Waals surface area contributed by atoms with Crippen molar-refractivity contribution in [3.63, 3.8) is 0 Å². The summed E-state index contributed by atoms with van der Waals surface area (Å²) in [5.74, 6) is -5.12. The Kier molecular flexibility index (Phi) is 7.94. The second-order valence-corrected chi connectivity index (χ2v) is 12.8. The fraction of sp³-hybridized carbons (Fsp3) is 0.167. The zero-order chi connectivity index (χ0) is 33.6. The van der Waals surface area contributed by atoms with Crippen molar-refractivity contribution in [3.05, 3.63) is 83.2 Å². The van der Waals surface area contributed by atoms with Crippen molar-refractivity contribution in [3.8, 4) is 11.4 Å². The van der Waals surface area contributed by atoms with E-state index in [1.54, 1.807) is 0 Å². The quantitative estimate of drug-likeness (QED) is 0.164. The fourth-order valence-electron chi connectivity index (χ4n) is 5.30. The van der Waals surface area contributed by atoms with Crippen molar-refractivity contribution >= 4 is 50.0 Å². The normalized spacial score (nSPS) is 14.0. The number of benzene rings is 3. The lowest BCUT2D eigenvalue weighted by molar-refractivity contribution is 0.0690. The van der Waals surface area contributed by atoms with Gasteiger partial charge in [0.1, 0.15) is 23.2 Å². The first-order valence-corrected chi connectivity index (χ1v) is 15.5. The number of carboxylic acid groups (broad SMARTS) is 1. The van der Waals surface area contributed by atoms with Crippen molar-refractivity contribution in [1.29, 1.82) is 0 Å². The first-order chi connectivity index (χ1) is 22.3. The number of piperazine rings is 1. The molecular formula is C30H26F2N8O6S. The molecule has 17 heteroatoms. The standard InChI is InChI=1S/C30H26F2N8O6S/c1-39-4-6-40(7-5-39)25-13-19(26(33)41)20(12-22(25)27-34-14-24(35-27)30(43)44)29(42)36-28-21-11-17(2-3-23(21)37-38-28)47(45,46)18-9-15(31)8-16(32)10-18/h2-3,8-14H,4-7H2,1H3,(H2,33,41)(H,34,35)(H,43,44)(H2,36,37,38,42). The van der Waals surface area contributed by atoms with Crippen LogP contribution >= 0.6 is 0 Å². The van der Waals surface area contributed by atoms with Crippen molar-refractivity contribution in [2.24, 2.45) is 5.73 Å². The summed E-state index contributed by atoms with van der Waals surface area (Å²) in [6.07, 6.45) is 1.13. The summed E-state index contributed by atoms with van der Waals surface area (Å²) in [5.41, 5.74) is 6.37. The topological polar surface area (TPSA) is 207 Å². The molecule has 0 unspecified atom stereocenters. The number of aromatic amines is 2. The van der Waals surface area contributed by atoms with Gasteiger partial charge >= 0.3 is 5.97 Å². The molecular weight excluding hydrogens is 638 g/mol. The molecule has 1 aliphatic heterocycles. The molecule has 6 rings (SSSR count). The molecule has 0 radical (unpaired) electrons. The molecule has 3 aromatic carbocycles. The van der Waals surface area contributed by atoms with Crippen LogP contribution < -0.4 is 16.0 Å². The molecule has 1 aliphatic rings. The first kappa shape index (κ1) is 31.3. The van der Waals surface area contributed by atoms with Gasteiger partial charge in [-0.1, -0.05) is 0 Å². The third kappa shape index (κ3) is 6.00. The number of fused-ring (bicyclic) bond motifs is 1. The molecule has 0 aliphatic carbocycles. The van der Waals surface area contributed by atoms with Crippen LogP contribution in [0.25, 0.3) is 22.3 Å². The number of aromatic nitrogens is 4. The van der Waals surface area contributed by atoms with Crippen LogP contribution in [0.5, 0.6) is 0 Å². The van der Waals surface area contributed by atoms with E-state index in [2.05, 4.69) is 30.4 Å². The number of carboxylic acids is 1. The molecule has 0 atom stereocenters. The summed E-state index contributed by atoms with van der Waals surface area (Å²) in [6.45, 7) is 2.52. The molecule has 242 valence electrons. The number of imidazole rings is 1. The van der Waals surface area contributed by atoms with Crippen molar-refractivity contribution in [1.82, 2.24) is 25.1 Å². The van der Waals surface area contributed by atoms with Gasteiger partial charge in [0.25, 0.3) is 5.91 Å². The number of H-pyrrole nitrogens is 2. The first-order valence-electron chi connectivity index (χ1n) is 14.0.